The summed E-state index contributed by atoms with van der Waals surface area (Å²) in [5.74, 6) is -0.752. The molecule has 0 aliphatic rings. The summed E-state index contributed by atoms with van der Waals surface area (Å²) in [5.41, 5.74) is 1.11. The van der Waals surface area contributed by atoms with Crippen molar-refractivity contribution in [3.8, 4) is 6.07 Å². The summed E-state index contributed by atoms with van der Waals surface area (Å²) in [5, 5.41) is 11.4. The van der Waals surface area contributed by atoms with Crippen LogP contribution < -0.4 is 10.2 Å². The third kappa shape index (κ3) is 7.42. The normalized spacial score (nSPS) is 11.9. The van der Waals surface area contributed by atoms with Crippen molar-refractivity contribution in [3.05, 3.63) is 59.4 Å². The molecule has 0 saturated carbocycles. The number of hydrogen-bond acceptors (Lipinski definition) is 7. The number of hydrogen-bond donors (Lipinski definition) is 1. The number of nitrogens with zero attached hydrogens (tertiary/aromatic N) is 2. The van der Waals surface area contributed by atoms with Gasteiger partial charge in [0.05, 0.1) is 36.7 Å². The lowest BCUT2D eigenvalue weighted by atomic mass is 10.1. The summed E-state index contributed by atoms with van der Waals surface area (Å²) in [6, 6.07) is 11.3. The first kappa shape index (κ1) is 24.9. The molecule has 0 fully saturated rings. The average molecular weight is 463 g/mol. The summed E-state index contributed by atoms with van der Waals surface area (Å²) in [6.07, 6.45) is 0.875. The molecule has 11 heteroatoms. The fourth-order valence-corrected chi connectivity index (χ4v) is 3.12. The number of nitrogens with one attached hydrogen (secondary N) is 1. The van der Waals surface area contributed by atoms with Crippen LogP contribution in [0.25, 0.3) is 0 Å². The van der Waals surface area contributed by atoms with Crippen molar-refractivity contribution in [1.29, 1.82) is 5.26 Å². The van der Waals surface area contributed by atoms with Gasteiger partial charge in [0.1, 0.15) is 18.2 Å². The number of aldehydes is 1. The van der Waals surface area contributed by atoms with E-state index in [-0.39, 0.29) is 18.7 Å². The second-order valence-corrected chi connectivity index (χ2v) is 8.34. The van der Waals surface area contributed by atoms with Gasteiger partial charge in [-0.2, -0.15) is 13.7 Å². The minimum Gasteiger partial charge on any atom is -0.374 e. The highest BCUT2D eigenvalue weighted by molar-refractivity contribution is 7.85. The quantitative estimate of drug-likeness (QED) is 0.424. The number of halogens is 1. The van der Waals surface area contributed by atoms with Gasteiger partial charge in [-0.05, 0) is 42.0 Å². The number of nitriles is 1. The molecule has 9 nitrogen and oxygen atoms in total. The summed E-state index contributed by atoms with van der Waals surface area (Å²) in [7, 11) is -2.40. The Labute approximate surface area is 185 Å². The van der Waals surface area contributed by atoms with E-state index in [2.05, 4.69) is 5.32 Å². The maximum absolute atomic E-state index is 14.9. The zero-order chi connectivity index (χ0) is 23.7. The summed E-state index contributed by atoms with van der Waals surface area (Å²) < 4.78 is 47.1. The standard InChI is InChI=1S/C21H22FN3O6S/c1-30-18(14-26)11-16-5-8-20(19(22)12-16)25(9-10-31-32(2,28)29)21(27)24-17-6-3-15(13-23)4-7-17/h3-8,12,14,18H,9-11H2,1-2H3,(H,24,27). The molecule has 1 atom stereocenters. The number of rotatable bonds is 10. The number of methoxy groups -OCH3 is 1. The van der Waals surface area contributed by atoms with E-state index < -0.39 is 34.7 Å². The zero-order valence-electron chi connectivity index (χ0n) is 17.4. The molecule has 0 bridgehead atoms. The summed E-state index contributed by atoms with van der Waals surface area (Å²) in [6.45, 7) is -0.655. The molecule has 0 saturated heterocycles. The van der Waals surface area contributed by atoms with Crippen LogP contribution in [-0.4, -0.2) is 53.4 Å². The van der Waals surface area contributed by atoms with Crippen molar-refractivity contribution in [2.45, 2.75) is 12.5 Å². The second kappa shape index (κ2) is 11.3. The van der Waals surface area contributed by atoms with Gasteiger partial charge in [0.15, 0.2) is 0 Å². The molecule has 2 rings (SSSR count). The summed E-state index contributed by atoms with van der Waals surface area (Å²) in [4.78, 5) is 24.8. The smallest absolute Gasteiger partial charge is 0.326 e. The highest BCUT2D eigenvalue weighted by Crippen LogP contribution is 2.23. The molecule has 170 valence electrons. The Bertz CT molecular complexity index is 1100. The van der Waals surface area contributed by atoms with Crippen LogP contribution in [0.5, 0.6) is 0 Å². The van der Waals surface area contributed by atoms with Crippen LogP contribution >= 0.6 is 0 Å². The number of benzene rings is 2. The molecule has 0 aliphatic heterocycles. The molecule has 2 aromatic rings. The van der Waals surface area contributed by atoms with E-state index >= 15 is 0 Å². The first-order chi connectivity index (χ1) is 15.2. The van der Waals surface area contributed by atoms with Crippen molar-refractivity contribution in [1.82, 2.24) is 0 Å². The molecular formula is C21H22FN3O6S. The van der Waals surface area contributed by atoms with Crippen LogP contribution in [0.2, 0.25) is 0 Å². The maximum atomic E-state index is 14.9. The van der Waals surface area contributed by atoms with Gasteiger partial charge in [-0.1, -0.05) is 6.07 Å². The van der Waals surface area contributed by atoms with Crippen LogP contribution in [-0.2, 0) is 30.3 Å². The molecule has 2 amide bonds. The maximum Gasteiger partial charge on any atom is 0.326 e. The predicted molar refractivity (Wildman–Crippen MR) is 115 cm³/mol. The minimum atomic E-state index is -3.76. The first-order valence-electron chi connectivity index (χ1n) is 9.36. The van der Waals surface area contributed by atoms with E-state index in [1.807, 2.05) is 6.07 Å². The SMILES string of the molecule is COC(C=O)Cc1ccc(N(CCOS(C)(=O)=O)C(=O)Nc2ccc(C#N)cc2)c(F)c1. The lowest BCUT2D eigenvalue weighted by Gasteiger charge is -2.24. The van der Waals surface area contributed by atoms with E-state index in [9.17, 15) is 22.4 Å². The van der Waals surface area contributed by atoms with Crippen LogP contribution in [0.1, 0.15) is 11.1 Å². The fraction of sp³-hybridized carbons (Fsp3) is 0.286. The fourth-order valence-electron chi connectivity index (χ4n) is 2.75. The topological polar surface area (TPSA) is 126 Å². The molecule has 1 unspecified atom stereocenters. The Morgan fingerprint density at radius 3 is 2.50 bits per heavy atom. The van der Waals surface area contributed by atoms with Crippen molar-refractivity contribution in [3.63, 3.8) is 0 Å². The Morgan fingerprint density at radius 2 is 1.97 bits per heavy atom. The largest absolute Gasteiger partial charge is 0.374 e. The molecule has 0 aliphatic carbocycles. The van der Waals surface area contributed by atoms with Gasteiger partial charge in [-0.3, -0.25) is 9.08 Å². The van der Waals surface area contributed by atoms with Crippen molar-refractivity contribution in [2.24, 2.45) is 0 Å². The molecule has 0 heterocycles. The Balaban J connectivity index is 2.27. The first-order valence-corrected chi connectivity index (χ1v) is 11.2. The van der Waals surface area contributed by atoms with Gasteiger partial charge in [0.25, 0.3) is 10.1 Å². The zero-order valence-corrected chi connectivity index (χ0v) is 18.3. The molecule has 1 N–H and O–H groups in total. The highest BCUT2D eigenvalue weighted by Gasteiger charge is 2.21. The van der Waals surface area contributed by atoms with E-state index in [0.29, 0.717) is 23.1 Å². The Hall–Kier alpha value is -3.33. The average Bonchev–Trinajstić information content (AvgIpc) is 2.75. The third-order valence-electron chi connectivity index (χ3n) is 4.32. The van der Waals surface area contributed by atoms with E-state index in [4.69, 9.17) is 14.2 Å². The predicted octanol–water partition coefficient (Wildman–Crippen LogP) is 2.47. The van der Waals surface area contributed by atoms with Gasteiger partial charge >= 0.3 is 6.03 Å². The number of anilines is 2. The molecule has 32 heavy (non-hydrogen) atoms. The van der Waals surface area contributed by atoms with Crippen molar-refractivity contribution < 1.29 is 31.3 Å². The van der Waals surface area contributed by atoms with E-state index in [1.165, 1.54) is 49.6 Å². The number of ether oxygens (including phenoxy) is 1. The van der Waals surface area contributed by atoms with Crippen LogP contribution in [0.4, 0.5) is 20.6 Å². The molecule has 0 radical (unpaired) electrons. The van der Waals surface area contributed by atoms with E-state index in [0.717, 1.165) is 11.2 Å². The minimum absolute atomic E-state index is 0.114. The second-order valence-electron chi connectivity index (χ2n) is 6.70. The number of urea groups is 1. The van der Waals surface area contributed by atoms with Gasteiger partial charge in [-0.25, -0.2) is 9.18 Å². The Morgan fingerprint density at radius 1 is 1.28 bits per heavy atom. The van der Waals surface area contributed by atoms with Crippen molar-refractivity contribution in [2.75, 3.05) is 36.7 Å². The number of amides is 2. The third-order valence-corrected chi connectivity index (χ3v) is 4.91. The molecular weight excluding hydrogens is 441 g/mol. The lowest BCUT2D eigenvalue weighted by Crippen LogP contribution is -2.38. The number of carbonyl (C=O) groups excluding carboxylic acids is 2. The van der Waals surface area contributed by atoms with Crippen LogP contribution in [0.3, 0.4) is 0 Å². The molecule has 0 aromatic heterocycles. The summed E-state index contributed by atoms with van der Waals surface area (Å²) >= 11 is 0. The Kier molecular flexibility index (Phi) is 8.83. The van der Waals surface area contributed by atoms with Gasteiger partial charge in [0.2, 0.25) is 0 Å². The molecule has 2 aromatic carbocycles. The van der Waals surface area contributed by atoms with E-state index in [1.54, 1.807) is 0 Å². The molecule has 0 spiro atoms. The van der Waals surface area contributed by atoms with Gasteiger partial charge < -0.3 is 14.8 Å². The number of carbonyl (C=O) groups is 2. The van der Waals surface area contributed by atoms with Crippen LogP contribution in [0.15, 0.2) is 42.5 Å². The monoisotopic (exact) mass is 463 g/mol. The van der Waals surface area contributed by atoms with Gasteiger partial charge in [-0.15, -0.1) is 0 Å². The highest BCUT2D eigenvalue weighted by atomic mass is 32.2. The van der Waals surface area contributed by atoms with Crippen LogP contribution in [0, 0.1) is 17.1 Å². The van der Waals surface area contributed by atoms with Crippen molar-refractivity contribution >= 4 is 33.8 Å². The lowest BCUT2D eigenvalue weighted by molar-refractivity contribution is -0.116. The van der Waals surface area contributed by atoms with Gasteiger partial charge in [0, 0.05) is 19.2 Å².